The van der Waals surface area contributed by atoms with Crippen LogP contribution in [-0.2, 0) is 23.7 Å². The fourth-order valence-electron chi connectivity index (χ4n) is 0.662. The topological polar surface area (TPSA) is 125 Å². The van der Waals surface area contributed by atoms with Gasteiger partial charge in [0.1, 0.15) is 0 Å². The van der Waals surface area contributed by atoms with Crippen molar-refractivity contribution in [1.29, 1.82) is 0 Å². The number of hydrogen-bond acceptors (Lipinski definition) is 5. The van der Waals surface area contributed by atoms with E-state index in [0.29, 0.717) is 0 Å². The summed E-state index contributed by atoms with van der Waals surface area (Å²) in [6, 6.07) is 0. The maximum Gasteiger partial charge on any atom is 3.00 e. The molecule has 8 heteroatoms. The molecule has 0 aliphatic heterocycles. The molecule has 0 aliphatic rings. The monoisotopic (exact) mass is 225 g/mol. The van der Waals surface area contributed by atoms with Crippen molar-refractivity contribution in [2.24, 2.45) is 0 Å². The maximum atomic E-state index is 10.7. The third-order valence-electron chi connectivity index (χ3n) is 1.28. The average Bonchev–Trinajstić information content (AvgIpc) is 2.01. The van der Waals surface area contributed by atoms with E-state index in [2.05, 4.69) is 4.98 Å². The van der Waals surface area contributed by atoms with E-state index >= 15 is 0 Å². The van der Waals surface area contributed by atoms with Crippen LogP contribution < -0.4 is 10.8 Å². The van der Waals surface area contributed by atoms with Gasteiger partial charge in [-0.05, 0) is 11.4 Å². The Kier molecular flexibility index (Phi) is 3.73. The number of nitrogens with one attached hydrogen (secondary N) is 1. The molecule has 0 radical (unpaired) electrons. The molecule has 0 saturated carbocycles. The smallest absolute Gasteiger partial charge is 0.894 e. The maximum absolute atomic E-state index is 10.7. The quantitative estimate of drug-likeness (QED) is 0.603. The molecule has 1 aromatic rings. The molecule has 1 aromatic heterocycles. The summed E-state index contributed by atoms with van der Waals surface area (Å²) >= 11 is 0. The van der Waals surface area contributed by atoms with Crippen molar-refractivity contribution in [3.05, 3.63) is 27.0 Å². The average molecular weight is 225 g/mol. The summed E-state index contributed by atoms with van der Waals surface area (Å²) in [4.78, 5) is 13.2. The van der Waals surface area contributed by atoms with Gasteiger partial charge in [-0.1, -0.05) is 5.82 Å². The van der Waals surface area contributed by atoms with Crippen molar-refractivity contribution in [3.8, 4) is 5.88 Å². The van der Waals surface area contributed by atoms with Gasteiger partial charge in [-0.15, -0.1) is 0 Å². The Morgan fingerprint density at radius 3 is 2.62 bits per heavy atom. The fraction of sp³-hybridized carbons (Fsp3) is 0.200. The molecule has 0 bridgehead atoms. The minimum absolute atomic E-state index is 0. The second-order valence-electron chi connectivity index (χ2n) is 1.98. The van der Waals surface area contributed by atoms with Crippen molar-refractivity contribution in [1.82, 2.24) is 9.71 Å². The molecule has 7 nitrogen and oxygen atoms in total. The van der Waals surface area contributed by atoms with Gasteiger partial charge in [-0.3, -0.25) is 4.79 Å². The molecule has 0 spiro atoms. The van der Waals surface area contributed by atoms with Crippen LogP contribution in [0.15, 0.2) is 4.79 Å². The van der Waals surface area contributed by atoms with Crippen LogP contribution in [0.4, 0.5) is 5.82 Å². The number of aromatic nitrogens is 2. The minimum Gasteiger partial charge on any atom is -0.894 e. The van der Waals surface area contributed by atoms with E-state index in [-0.39, 0.29) is 21.8 Å². The third kappa shape index (κ3) is 1.92. The van der Waals surface area contributed by atoms with Crippen LogP contribution in [0.25, 0.3) is 5.73 Å². The van der Waals surface area contributed by atoms with E-state index in [0.717, 1.165) is 0 Å². The first kappa shape index (κ1) is 11.8. The molecular weight excluding hydrogens is 221 g/mol. The predicted octanol–water partition coefficient (Wildman–Crippen LogP) is -1.16. The second-order valence-corrected chi connectivity index (χ2v) is 1.98. The number of rotatable bonds is 1. The fourth-order valence-corrected chi connectivity index (χ4v) is 0.662. The van der Waals surface area contributed by atoms with E-state index < -0.39 is 29.6 Å². The SMILES string of the molecule is [Mn+3].[NH-]c1c(CO)c([O-])nc(=O)n1[O-]. The van der Waals surface area contributed by atoms with E-state index in [9.17, 15) is 15.1 Å². The number of nitrogens with zero attached hydrogens (tertiary/aromatic N) is 2. The molecule has 0 atom stereocenters. The van der Waals surface area contributed by atoms with Crippen molar-refractivity contribution < 1.29 is 27.3 Å². The molecule has 1 rings (SSSR count). The van der Waals surface area contributed by atoms with Gasteiger partial charge in [0.2, 0.25) is 0 Å². The number of aliphatic hydroxyl groups excluding tert-OH is 1. The molecule has 0 fully saturated rings. The van der Waals surface area contributed by atoms with E-state index in [4.69, 9.17) is 10.8 Å². The van der Waals surface area contributed by atoms with Gasteiger partial charge in [-0.2, -0.15) is 0 Å². The molecule has 0 unspecified atom stereocenters. The zero-order valence-electron chi connectivity index (χ0n) is 6.15. The van der Waals surface area contributed by atoms with E-state index in [1.54, 1.807) is 0 Å². The van der Waals surface area contributed by atoms with Crippen LogP contribution >= 0.6 is 0 Å². The molecule has 2 N–H and O–H groups in total. The van der Waals surface area contributed by atoms with Crippen molar-refractivity contribution in [2.75, 3.05) is 0 Å². The van der Waals surface area contributed by atoms with Crippen LogP contribution in [0.1, 0.15) is 5.56 Å². The van der Waals surface area contributed by atoms with E-state index in [1.807, 2.05) is 0 Å². The molecule has 0 aliphatic carbocycles. The first-order chi connectivity index (χ1) is 5.57. The molecule has 0 aromatic carbocycles. The van der Waals surface area contributed by atoms with Crippen LogP contribution in [0.5, 0.6) is 5.88 Å². The summed E-state index contributed by atoms with van der Waals surface area (Å²) < 4.78 is -0.354. The first-order valence-corrected chi connectivity index (χ1v) is 2.91. The molecular formula is C5H4MnN3O4. The van der Waals surface area contributed by atoms with Gasteiger partial charge in [0, 0.05) is 0 Å². The summed E-state index contributed by atoms with van der Waals surface area (Å²) in [7, 11) is 0. The normalized spacial score (nSPS) is 9.31. The number of hydrogen-bond donors (Lipinski definition) is 1. The van der Waals surface area contributed by atoms with Gasteiger partial charge in [0.05, 0.1) is 6.61 Å². The third-order valence-corrected chi connectivity index (χ3v) is 1.28. The Hall–Kier alpha value is -1.24. The summed E-state index contributed by atoms with van der Waals surface area (Å²) in [5.41, 5.74) is 5.13. The Morgan fingerprint density at radius 2 is 2.15 bits per heavy atom. The zero-order valence-corrected chi connectivity index (χ0v) is 7.33. The Balaban J connectivity index is 0.00000144. The van der Waals surface area contributed by atoms with Crippen LogP contribution in [-0.4, -0.2) is 14.8 Å². The van der Waals surface area contributed by atoms with Crippen molar-refractivity contribution in [2.45, 2.75) is 6.61 Å². The Labute approximate surface area is 82.9 Å². The molecule has 1 heterocycles. The van der Waals surface area contributed by atoms with Gasteiger partial charge >= 0.3 is 17.1 Å². The molecule has 0 saturated heterocycles. The summed E-state index contributed by atoms with van der Waals surface area (Å²) in [6.07, 6.45) is 0. The van der Waals surface area contributed by atoms with Gasteiger partial charge in [0.15, 0.2) is 0 Å². The summed E-state index contributed by atoms with van der Waals surface area (Å²) in [5.74, 6) is -1.87. The Bertz CT molecular complexity index is 364. The largest absolute Gasteiger partial charge is 3.00 e. The van der Waals surface area contributed by atoms with Crippen LogP contribution in [0.3, 0.4) is 0 Å². The van der Waals surface area contributed by atoms with Gasteiger partial charge < -0.3 is 25.9 Å². The summed E-state index contributed by atoms with van der Waals surface area (Å²) in [6.45, 7) is -0.771. The van der Waals surface area contributed by atoms with Crippen molar-refractivity contribution in [3.63, 3.8) is 0 Å². The zero-order chi connectivity index (χ0) is 9.30. The van der Waals surface area contributed by atoms with Gasteiger partial charge in [0.25, 0.3) is 5.69 Å². The Morgan fingerprint density at radius 1 is 1.62 bits per heavy atom. The van der Waals surface area contributed by atoms with Crippen LogP contribution in [0, 0.1) is 5.21 Å². The second kappa shape index (κ2) is 4.13. The minimum atomic E-state index is -1.33. The van der Waals surface area contributed by atoms with Crippen LogP contribution in [0.2, 0.25) is 0 Å². The molecule has 70 valence electrons. The summed E-state index contributed by atoms with van der Waals surface area (Å²) in [5, 5.41) is 29.8. The molecule has 13 heavy (non-hydrogen) atoms. The predicted molar refractivity (Wildman–Crippen MR) is 36.6 cm³/mol. The van der Waals surface area contributed by atoms with E-state index in [1.165, 1.54) is 0 Å². The molecule has 0 amide bonds. The number of aliphatic hydroxyl groups is 1. The first-order valence-electron chi connectivity index (χ1n) is 2.91. The standard InChI is InChI=1S/C5H6N3O4.Mn/c6-3-2(1-9)4(10)7-5(11)8(3)12;/h9H,1H2,(H3,6,7,10,11);/q-1;+3/p-2. The van der Waals surface area contributed by atoms with Gasteiger partial charge in [-0.25, -0.2) is 4.98 Å². The van der Waals surface area contributed by atoms with Crippen molar-refractivity contribution >= 4 is 5.82 Å².